The molecular weight excluding hydrogens is 475 g/mol. The third-order valence-electron chi connectivity index (χ3n) is 5.21. The van der Waals surface area contributed by atoms with Gasteiger partial charge in [0.25, 0.3) is 0 Å². The predicted octanol–water partition coefficient (Wildman–Crippen LogP) is 3.83. The van der Waals surface area contributed by atoms with Crippen molar-refractivity contribution in [2.45, 2.75) is 44.7 Å². The highest BCUT2D eigenvalue weighted by Crippen LogP contribution is 2.28. The number of morpholine rings is 1. The van der Waals surface area contributed by atoms with Crippen LogP contribution in [-0.4, -0.2) is 56.3 Å². The summed E-state index contributed by atoms with van der Waals surface area (Å²) in [5.41, 5.74) is 1.15. The molecule has 0 aromatic heterocycles. The topological polar surface area (TPSA) is 48.9 Å². The first-order chi connectivity index (χ1) is 12.8. The lowest BCUT2D eigenvalue weighted by Crippen LogP contribution is -2.44. The summed E-state index contributed by atoms with van der Waals surface area (Å²) in [6.45, 7) is 7.03. The number of ether oxygens (including phenoxy) is 1. The van der Waals surface area contributed by atoms with Gasteiger partial charge in [-0.2, -0.15) is 0 Å². The van der Waals surface area contributed by atoms with Gasteiger partial charge in [-0.3, -0.25) is 9.89 Å². The number of guanidine groups is 1. The number of benzene rings is 1. The Balaban J connectivity index is 0.00000261. The normalized spacial score (nSPS) is 20.1. The van der Waals surface area contributed by atoms with E-state index in [9.17, 15) is 0 Å². The Hall–Kier alpha value is -0.570. The van der Waals surface area contributed by atoms with Crippen LogP contribution in [0.1, 0.15) is 44.2 Å². The van der Waals surface area contributed by atoms with Crippen LogP contribution in [0.5, 0.6) is 0 Å². The smallest absolute Gasteiger partial charge is 0.191 e. The zero-order chi connectivity index (χ0) is 18.2. The van der Waals surface area contributed by atoms with E-state index >= 15 is 0 Å². The highest BCUT2D eigenvalue weighted by atomic mass is 127. The Bertz CT molecular complexity index is 589. The average molecular weight is 507 g/mol. The molecule has 1 aliphatic heterocycles. The Kier molecular flexibility index (Phi) is 10.2. The third-order valence-corrected chi connectivity index (χ3v) is 5.56. The Labute approximate surface area is 185 Å². The fourth-order valence-electron chi connectivity index (χ4n) is 3.81. The van der Waals surface area contributed by atoms with Crippen LogP contribution >= 0.6 is 35.6 Å². The van der Waals surface area contributed by atoms with Crippen molar-refractivity contribution in [3.63, 3.8) is 0 Å². The fraction of sp³-hybridized carbons (Fsp3) is 0.650. The van der Waals surface area contributed by atoms with Gasteiger partial charge in [0, 0.05) is 30.7 Å². The van der Waals surface area contributed by atoms with Crippen molar-refractivity contribution < 1.29 is 4.74 Å². The molecule has 1 heterocycles. The second kappa shape index (κ2) is 12.1. The van der Waals surface area contributed by atoms with E-state index in [0.29, 0.717) is 12.6 Å². The van der Waals surface area contributed by atoms with Gasteiger partial charge < -0.3 is 15.4 Å². The molecule has 0 bridgehead atoms. The highest BCUT2D eigenvalue weighted by molar-refractivity contribution is 14.0. The van der Waals surface area contributed by atoms with Gasteiger partial charge in [0.1, 0.15) is 0 Å². The fourth-order valence-corrected chi connectivity index (χ4v) is 4.07. The Morgan fingerprint density at radius 2 is 1.96 bits per heavy atom. The molecule has 1 aromatic carbocycles. The minimum Gasteiger partial charge on any atom is -0.379 e. The molecule has 27 heavy (non-hydrogen) atoms. The first kappa shape index (κ1) is 22.7. The molecule has 0 spiro atoms. The average Bonchev–Trinajstić information content (AvgIpc) is 3.17. The van der Waals surface area contributed by atoms with Gasteiger partial charge in [0.15, 0.2) is 5.96 Å². The molecule has 1 aromatic rings. The quantitative estimate of drug-likeness (QED) is 0.350. The Morgan fingerprint density at radius 3 is 2.63 bits per heavy atom. The molecule has 1 atom stereocenters. The summed E-state index contributed by atoms with van der Waals surface area (Å²) >= 11 is 6.51. The number of aliphatic imine (C=N–C) groups is 1. The van der Waals surface area contributed by atoms with Crippen LogP contribution < -0.4 is 10.6 Å². The van der Waals surface area contributed by atoms with E-state index in [0.717, 1.165) is 49.4 Å². The minimum absolute atomic E-state index is 0. The summed E-state index contributed by atoms with van der Waals surface area (Å²) in [7, 11) is 0. The van der Waals surface area contributed by atoms with Gasteiger partial charge in [0.05, 0.1) is 25.8 Å². The van der Waals surface area contributed by atoms with Crippen LogP contribution in [0.15, 0.2) is 29.3 Å². The van der Waals surface area contributed by atoms with Crippen molar-refractivity contribution in [2.75, 3.05) is 39.4 Å². The molecule has 1 aliphatic carbocycles. The van der Waals surface area contributed by atoms with Crippen molar-refractivity contribution in [1.82, 2.24) is 15.5 Å². The van der Waals surface area contributed by atoms with E-state index in [1.807, 2.05) is 12.1 Å². The van der Waals surface area contributed by atoms with E-state index in [-0.39, 0.29) is 30.0 Å². The number of nitrogens with zero attached hydrogens (tertiary/aromatic N) is 2. The molecular formula is C20H32ClIN4O. The summed E-state index contributed by atoms with van der Waals surface area (Å²) < 4.78 is 5.53. The molecule has 0 radical (unpaired) electrons. The van der Waals surface area contributed by atoms with E-state index in [2.05, 4.69) is 34.6 Å². The number of hydrogen-bond donors (Lipinski definition) is 2. The molecule has 1 saturated heterocycles. The highest BCUT2D eigenvalue weighted by Gasteiger charge is 2.24. The molecule has 152 valence electrons. The molecule has 5 nitrogen and oxygen atoms in total. The summed E-state index contributed by atoms with van der Waals surface area (Å²) in [4.78, 5) is 7.36. The first-order valence-corrected chi connectivity index (χ1v) is 10.3. The third kappa shape index (κ3) is 6.76. The summed E-state index contributed by atoms with van der Waals surface area (Å²) in [5.74, 6) is 0.921. The zero-order valence-corrected chi connectivity index (χ0v) is 19.2. The second-order valence-electron chi connectivity index (χ2n) is 7.03. The minimum atomic E-state index is 0. The molecule has 2 fully saturated rings. The van der Waals surface area contributed by atoms with Crippen LogP contribution in [0.25, 0.3) is 0 Å². The van der Waals surface area contributed by atoms with Crippen LogP contribution in [0, 0.1) is 0 Å². The number of hydrogen-bond acceptors (Lipinski definition) is 3. The van der Waals surface area contributed by atoms with Gasteiger partial charge in [-0.25, -0.2) is 0 Å². The molecule has 1 unspecified atom stereocenters. The van der Waals surface area contributed by atoms with E-state index < -0.39 is 0 Å². The van der Waals surface area contributed by atoms with Crippen molar-refractivity contribution in [3.05, 3.63) is 34.9 Å². The maximum Gasteiger partial charge on any atom is 0.191 e. The molecule has 3 rings (SSSR count). The molecule has 1 saturated carbocycles. The number of rotatable bonds is 6. The summed E-state index contributed by atoms with van der Waals surface area (Å²) in [6, 6.07) is 8.85. The van der Waals surface area contributed by atoms with Crippen molar-refractivity contribution in [2.24, 2.45) is 4.99 Å². The standard InChI is InChI=1S/C20H31ClN4O.HI/c1-2-22-20(24-16-7-3-4-8-16)23-15-19(25-11-13-26-14-12-25)17-9-5-6-10-18(17)21;/h5-6,9-10,16,19H,2-4,7-8,11-15H2,1H3,(H2,22,23,24);1H. The van der Waals surface area contributed by atoms with E-state index in [4.69, 9.17) is 21.3 Å². The van der Waals surface area contributed by atoms with Gasteiger partial charge >= 0.3 is 0 Å². The molecule has 7 heteroatoms. The van der Waals surface area contributed by atoms with Crippen LogP contribution in [0.4, 0.5) is 0 Å². The van der Waals surface area contributed by atoms with Gasteiger partial charge in [-0.15, -0.1) is 24.0 Å². The maximum atomic E-state index is 6.51. The largest absolute Gasteiger partial charge is 0.379 e. The van der Waals surface area contributed by atoms with E-state index in [1.54, 1.807) is 0 Å². The lowest BCUT2D eigenvalue weighted by molar-refractivity contribution is 0.0180. The first-order valence-electron chi connectivity index (χ1n) is 9.89. The summed E-state index contributed by atoms with van der Waals surface area (Å²) in [5, 5.41) is 7.81. The van der Waals surface area contributed by atoms with E-state index in [1.165, 1.54) is 25.7 Å². The van der Waals surface area contributed by atoms with Crippen molar-refractivity contribution >= 4 is 41.5 Å². The zero-order valence-electron chi connectivity index (χ0n) is 16.1. The second-order valence-corrected chi connectivity index (χ2v) is 7.44. The summed E-state index contributed by atoms with van der Waals surface area (Å²) in [6.07, 6.45) is 5.10. The van der Waals surface area contributed by atoms with Crippen molar-refractivity contribution in [3.8, 4) is 0 Å². The SMILES string of the molecule is CCNC(=NCC(c1ccccc1Cl)N1CCOCC1)NC1CCCC1.I. The molecule has 2 aliphatic rings. The monoisotopic (exact) mass is 506 g/mol. The van der Waals surface area contributed by atoms with Crippen LogP contribution in [0.3, 0.4) is 0 Å². The maximum absolute atomic E-state index is 6.51. The number of nitrogens with one attached hydrogen (secondary N) is 2. The lowest BCUT2D eigenvalue weighted by atomic mass is 10.0. The number of halogens is 2. The van der Waals surface area contributed by atoms with Gasteiger partial charge in [-0.05, 0) is 31.4 Å². The van der Waals surface area contributed by atoms with Gasteiger partial charge in [0.2, 0.25) is 0 Å². The van der Waals surface area contributed by atoms with Crippen molar-refractivity contribution in [1.29, 1.82) is 0 Å². The molecule has 0 amide bonds. The Morgan fingerprint density at radius 1 is 1.26 bits per heavy atom. The predicted molar refractivity (Wildman–Crippen MR) is 123 cm³/mol. The lowest BCUT2D eigenvalue weighted by Gasteiger charge is -2.34. The van der Waals surface area contributed by atoms with Crippen LogP contribution in [-0.2, 0) is 4.74 Å². The molecule has 2 N–H and O–H groups in total. The van der Waals surface area contributed by atoms with Gasteiger partial charge in [-0.1, -0.05) is 42.6 Å². The van der Waals surface area contributed by atoms with Crippen LogP contribution in [0.2, 0.25) is 5.02 Å².